The summed E-state index contributed by atoms with van der Waals surface area (Å²) in [6.07, 6.45) is 1.99. The molecular weight excluding hydrogens is 597 g/mol. The second kappa shape index (κ2) is 15.3. The van der Waals surface area contributed by atoms with Crippen molar-refractivity contribution in [3.63, 3.8) is 0 Å². The first-order valence-electron chi connectivity index (χ1n) is 13.8. The summed E-state index contributed by atoms with van der Waals surface area (Å²) in [6, 6.07) is 17.0. The number of nitrogens with one attached hydrogen (secondary N) is 1. The van der Waals surface area contributed by atoms with Crippen LogP contribution in [0.1, 0.15) is 44.2 Å². The Kier molecular flexibility index (Phi) is 12.1. The van der Waals surface area contributed by atoms with Gasteiger partial charge < -0.3 is 15.0 Å². The van der Waals surface area contributed by atoms with E-state index in [1.807, 2.05) is 13.8 Å². The second-order valence-corrected chi connectivity index (χ2v) is 12.5. The highest BCUT2D eigenvalue weighted by atomic mass is 35.5. The van der Waals surface area contributed by atoms with Crippen LogP contribution in [0.5, 0.6) is 5.75 Å². The van der Waals surface area contributed by atoms with E-state index in [2.05, 4.69) is 5.32 Å². The molecular formula is C31H37Cl2N3O5S. The molecule has 0 saturated heterocycles. The molecule has 42 heavy (non-hydrogen) atoms. The van der Waals surface area contributed by atoms with Crippen molar-refractivity contribution in [2.45, 2.75) is 57.5 Å². The maximum absolute atomic E-state index is 14.2. The number of aryl methyl sites for hydroxylation is 1. The number of ether oxygens (including phenoxy) is 1. The van der Waals surface area contributed by atoms with Crippen molar-refractivity contribution in [2.24, 2.45) is 0 Å². The van der Waals surface area contributed by atoms with Gasteiger partial charge in [-0.1, -0.05) is 79.4 Å². The van der Waals surface area contributed by atoms with Crippen LogP contribution in [0.15, 0.2) is 71.6 Å². The Hall–Kier alpha value is -3.27. The molecule has 3 rings (SSSR count). The molecule has 0 aliphatic carbocycles. The average Bonchev–Trinajstić information content (AvgIpc) is 2.97. The molecule has 0 heterocycles. The minimum atomic E-state index is -4.28. The maximum atomic E-state index is 14.2. The molecule has 3 aromatic carbocycles. The highest BCUT2D eigenvalue weighted by molar-refractivity contribution is 7.92. The molecule has 11 heteroatoms. The molecule has 0 aliphatic heterocycles. The molecule has 1 N–H and O–H groups in total. The zero-order valence-corrected chi connectivity index (χ0v) is 26.6. The highest BCUT2D eigenvalue weighted by Crippen LogP contribution is 2.35. The average molecular weight is 635 g/mol. The standard InChI is InChI=1S/C31H37Cl2N3O5S/c1-5-7-18-34-31(38)27(6-2)35(20-23-10-8-9-11-26(23)33)30(37)21-36(28-19-24(32)14-17-29(28)41-4)42(39,40)25-15-12-22(3)13-16-25/h8-17,19,27H,5-7,18,20-21H2,1-4H3,(H,34,38). The number of carbonyl (C=O) groups is 2. The van der Waals surface area contributed by atoms with Gasteiger partial charge in [0.15, 0.2) is 0 Å². The van der Waals surface area contributed by atoms with E-state index in [0.29, 0.717) is 23.6 Å². The van der Waals surface area contributed by atoms with Crippen LogP contribution < -0.4 is 14.4 Å². The molecule has 0 saturated carbocycles. The number of hydrogen-bond acceptors (Lipinski definition) is 5. The van der Waals surface area contributed by atoms with Gasteiger partial charge in [-0.25, -0.2) is 8.42 Å². The molecule has 0 spiro atoms. The Morgan fingerprint density at radius 1 is 1.00 bits per heavy atom. The highest BCUT2D eigenvalue weighted by Gasteiger charge is 2.35. The number of benzene rings is 3. The minimum Gasteiger partial charge on any atom is -0.495 e. The first kappa shape index (κ1) is 33.2. The number of carbonyl (C=O) groups excluding carboxylic acids is 2. The zero-order chi connectivity index (χ0) is 30.9. The summed E-state index contributed by atoms with van der Waals surface area (Å²) in [5.41, 5.74) is 1.60. The van der Waals surface area contributed by atoms with Crippen LogP contribution in [0.25, 0.3) is 0 Å². The van der Waals surface area contributed by atoms with Gasteiger partial charge in [-0.2, -0.15) is 0 Å². The summed E-state index contributed by atoms with van der Waals surface area (Å²) in [5, 5.41) is 3.60. The smallest absolute Gasteiger partial charge is 0.264 e. The number of anilines is 1. The molecule has 8 nitrogen and oxygen atoms in total. The largest absolute Gasteiger partial charge is 0.495 e. The van der Waals surface area contributed by atoms with Crippen molar-refractivity contribution in [1.82, 2.24) is 10.2 Å². The molecule has 0 aromatic heterocycles. The number of hydrogen-bond donors (Lipinski definition) is 1. The first-order chi connectivity index (χ1) is 20.0. The number of nitrogens with zero attached hydrogens (tertiary/aromatic N) is 2. The molecule has 1 unspecified atom stereocenters. The van der Waals surface area contributed by atoms with Gasteiger partial charge in [-0.15, -0.1) is 0 Å². The monoisotopic (exact) mass is 633 g/mol. The Morgan fingerprint density at radius 3 is 2.31 bits per heavy atom. The van der Waals surface area contributed by atoms with Crippen LogP contribution in [0.2, 0.25) is 10.0 Å². The summed E-state index contributed by atoms with van der Waals surface area (Å²) in [7, 11) is -2.87. The van der Waals surface area contributed by atoms with Crippen molar-refractivity contribution in [3.05, 3.63) is 87.9 Å². The van der Waals surface area contributed by atoms with Crippen molar-refractivity contribution in [3.8, 4) is 5.75 Å². The lowest BCUT2D eigenvalue weighted by Gasteiger charge is -2.33. The van der Waals surface area contributed by atoms with E-state index >= 15 is 0 Å². The molecule has 0 fully saturated rings. The van der Waals surface area contributed by atoms with Gasteiger partial charge in [0.25, 0.3) is 10.0 Å². The Balaban J connectivity index is 2.11. The van der Waals surface area contributed by atoms with Crippen LogP contribution in [0, 0.1) is 6.92 Å². The molecule has 2 amide bonds. The molecule has 0 radical (unpaired) electrons. The van der Waals surface area contributed by atoms with Crippen molar-refractivity contribution < 1.29 is 22.7 Å². The predicted molar refractivity (Wildman–Crippen MR) is 168 cm³/mol. The maximum Gasteiger partial charge on any atom is 0.264 e. The fraction of sp³-hybridized carbons (Fsp3) is 0.355. The Morgan fingerprint density at radius 2 is 1.69 bits per heavy atom. The minimum absolute atomic E-state index is 0.00328. The lowest BCUT2D eigenvalue weighted by atomic mass is 10.1. The Bertz CT molecular complexity index is 1480. The SMILES string of the molecule is CCCCNC(=O)C(CC)N(Cc1ccccc1Cl)C(=O)CN(c1cc(Cl)ccc1OC)S(=O)(=O)c1ccc(C)cc1. The van der Waals surface area contributed by atoms with Crippen molar-refractivity contribution in [2.75, 3.05) is 24.5 Å². The third-order valence-electron chi connectivity index (χ3n) is 6.81. The van der Waals surface area contributed by atoms with Gasteiger partial charge in [-0.3, -0.25) is 13.9 Å². The molecule has 0 bridgehead atoms. The number of methoxy groups -OCH3 is 1. The van der Waals surface area contributed by atoms with Crippen LogP contribution >= 0.6 is 23.2 Å². The number of sulfonamides is 1. The quantitative estimate of drug-likeness (QED) is 0.212. The lowest BCUT2D eigenvalue weighted by Crippen LogP contribution is -2.52. The van der Waals surface area contributed by atoms with Crippen LogP contribution in [0.3, 0.4) is 0 Å². The first-order valence-corrected chi connectivity index (χ1v) is 16.0. The van der Waals surface area contributed by atoms with Gasteiger partial charge in [0.1, 0.15) is 18.3 Å². The van der Waals surface area contributed by atoms with E-state index in [0.717, 1.165) is 22.7 Å². The van der Waals surface area contributed by atoms with E-state index in [1.165, 1.54) is 36.3 Å². The third kappa shape index (κ3) is 8.18. The van der Waals surface area contributed by atoms with E-state index < -0.39 is 28.5 Å². The summed E-state index contributed by atoms with van der Waals surface area (Å²) >= 11 is 12.7. The topological polar surface area (TPSA) is 96.0 Å². The van der Waals surface area contributed by atoms with Crippen LogP contribution in [-0.4, -0.2) is 51.4 Å². The summed E-state index contributed by atoms with van der Waals surface area (Å²) in [4.78, 5) is 28.9. The number of unbranched alkanes of at least 4 members (excludes halogenated alkanes) is 1. The summed E-state index contributed by atoms with van der Waals surface area (Å²) in [5.74, 6) is -0.699. The fourth-order valence-electron chi connectivity index (χ4n) is 4.44. The number of amides is 2. The molecule has 3 aromatic rings. The molecule has 226 valence electrons. The van der Waals surface area contributed by atoms with Gasteiger partial charge in [0, 0.05) is 23.1 Å². The van der Waals surface area contributed by atoms with Crippen LogP contribution in [0.4, 0.5) is 5.69 Å². The van der Waals surface area contributed by atoms with Crippen molar-refractivity contribution >= 4 is 50.7 Å². The van der Waals surface area contributed by atoms with E-state index in [-0.39, 0.29) is 33.8 Å². The molecule has 0 aliphatic rings. The number of rotatable bonds is 14. The normalized spacial score (nSPS) is 12.0. The van der Waals surface area contributed by atoms with Gasteiger partial charge in [-0.05, 0) is 61.7 Å². The summed E-state index contributed by atoms with van der Waals surface area (Å²) in [6.45, 7) is 5.52. The van der Waals surface area contributed by atoms with E-state index in [9.17, 15) is 18.0 Å². The van der Waals surface area contributed by atoms with E-state index in [4.69, 9.17) is 27.9 Å². The summed E-state index contributed by atoms with van der Waals surface area (Å²) < 4.78 is 34.6. The zero-order valence-electron chi connectivity index (χ0n) is 24.3. The third-order valence-corrected chi connectivity index (χ3v) is 9.19. The van der Waals surface area contributed by atoms with Gasteiger partial charge in [0.05, 0.1) is 17.7 Å². The lowest BCUT2D eigenvalue weighted by molar-refractivity contribution is -0.140. The Labute approximate surface area is 258 Å². The molecule has 1 atom stereocenters. The van der Waals surface area contributed by atoms with Crippen molar-refractivity contribution in [1.29, 1.82) is 0 Å². The second-order valence-electron chi connectivity index (χ2n) is 9.82. The van der Waals surface area contributed by atoms with Crippen LogP contribution in [-0.2, 0) is 26.2 Å². The van der Waals surface area contributed by atoms with E-state index in [1.54, 1.807) is 49.4 Å². The predicted octanol–water partition coefficient (Wildman–Crippen LogP) is 6.23. The fourth-order valence-corrected chi connectivity index (χ4v) is 6.22. The van der Waals surface area contributed by atoms with Gasteiger partial charge in [0.2, 0.25) is 11.8 Å². The number of halogens is 2. The van der Waals surface area contributed by atoms with Gasteiger partial charge >= 0.3 is 0 Å².